The van der Waals surface area contributed by atoms with Crippen LogP contribution in [0.2, 0.25) is 0 Å². The first-order valence-electron chi connectivity index (χ1n) is 7.52. The number of hydrazone groups is 1. The molecule has 9 heteroatoms. The van der Waals surface area contributed by atoms with E-state index < -0.39 is 5.03 Å². The van der Waals surface area contributed by atoms with Crippen LogP contribution in [0.3, 0.4) is 0 Å². The second kappa shape index (κ2) is 10.4. The van der Waals surface area contributed by atoms with E-state index in [1.165, 1.54) is 5.56 Å². The largest absolute Gasteiger partial charge is 0.383 e. The molecule has 1 aromatic rings. The van der Waals surface area contributed by atoms with E-state index in [0.29, 0.717) is 19.6 Å². The summed E-state index contributed by atoms with van der Waals surface area (Å²) < 4.78 is 0. The van der Waals surface area contributed by atoms with Gasteiger partial charge in [0.05, 0.1) is 0 Å². The van der Waals surface area contributed by atoms with E-state index in [1.807, 2.05) is 24.3 Å². The molecule has 0 aliphatic carbocycles. The number of nitrogens with one attached hydrogen (secondary N) is 2. The minimum absolute atomic E-state index is 0.0311. The van der Waals surface area contributed by atoms with E-state index in [-0.39, 0.29) is 12.0 Å². The van der Waals surface area contributed by atoms with E-state index in [1.54, 1.807) is 0 Å². The zero-order chi connectivity index (χ0) is 17.1. The minimum Gasteiger partial charge on any atom is -0.383 e. The van der Waals surface area contributed by atoms with Crippen LogP contribution >= 0.6 is 0 Å². The molecule has 0 spiro atoms. The first kappa shape index (κ1) is 18.7. The third-order valence-corrected chi connectivity index (χ3v) is 3.23. The van der Waals surface area contributed by atoms with Crippen molar-refractivity contribution >= 4 is 11.6 Å². The Bertz CT molecular complexity index is 522. The standard InChI is InChI=1S/C14H25N7O2/c15-8-7-11-4-1-2-6-13(11)19-10-12(16)5-3-9-18-14(17)20-21(22)23/h1-2,4,6,12,19H,3,5,7-10,15-16H2,(H3,17,18,20)/t12-/m0/s1. The van der Waals surface area contributed by atoms with Gasteiger partial charge in [-0.05, 0) is 37.4 Å². The van der Waals surface area contributed by atoms with Crippen LogP contribution in [0.1, 0.15) is 18.4 Å². The second-order valence-electron chi connectivity index (χ2n) is 5.13. The zero-order valence-electron chi connectivity index (χ0n) is 13.1. The number of nitrogens with zero attached hydrogens (tertiary/aromatic N) is 2. The van der Waals surface area contributed by atoms with Crippen molar-refractivity contribution in [2.24, 2.45) is 22.3 Å². The number of hydrogen-bond donors (Lipinski definition) is 5. The summed E-state index contributed by atoms with van der Waals surface area (Å²) in [4.78, 5) is 10.1. The number of nitrogens with two attached hydrogens (primary N) is 3. The van der Waals surface area contributed by atoms with E-state index in [4.69, 9.17) is 17.2 Å². The molecule has 0 aliphatic heterocycles. The molecular formula is C14H25N7O2. The van der Waals surface area contributed by atoms with E-state index in [2.05, 4.69) is 15.7 Å². The summed E-state index contributed by atoms with van der Waals surface area (Å²) in [6, 6.07) is 7.97. The molecule has 128 valence electrons. The van der Waals surface area contributed by atoms with E-state index in [9.17, 15) is 10.1 Å². The fourth-order valence-corrected chi connectivity index (χ4v) is 2.11. The summed E-state index contributed by atoms with van der Waals surface area (Å²) in [5.41, 5.74) is 19.2. The lowest BCUT2D eigenvalue weighted by molar-refractivity contribution is -0.485. The maximum Gasteiger partial charge on any atom is 0.266 e. The summed E-state index contributed by atoms with van der Waals surface area (Å²) in [7, 11) is 0. The number of benzene rings is 1. The SMILES string of the molecule is NCCc1ccccc1NC[C@@H](N)CCCN/C(N)=N\[N+](=O)[O-]. The molecule has 23 heavy (non-hydrogen) atoms. The molecule has 0 fully saturated rings. The predicted molar refractivity (Wildman–Crippen MR) is 91.5 cm³/mol. The van der Waals surface area contributed by atoms with Gasteiger partial charge in [0.2, 0.25) is 0 Å². The number of para-hydroxylation sites is 1. The number of anilines is 1. The topological polar surface area (TPSA) is 158 Å². The van der Waals surface area contributed by atoms with Crippen molar-refractivity contribution in [1.29, 1.82) is 0 Å². The van der Waals surface area contributed by atoms with Crippen molar-refractivity contribution in [3.05, 3.63) is 39.9 Å². The molecule has 0 heterocycles. The quantitative estimate of drug-likeness (QED) is 0.131. The zero-order valence-corrected chi connectivity index (χ0v) is 13.1. The fourth-order valence-electron chi connectivity index (χ4n) is 2.11. The van der Waals surface area contributed by atoms with Crippen LogP contribution in [0, 0.1) is 10.1 Å². The van der Waals surface area contributed by atoms with Gasteiger partial charge >= 0.3 is 0 Å². The van der Waals surface area contributed by atoms with Crippen molar-refractivity contribution in [3.63, 3.8) is 0 Å². The molecular weight excluding hydrogens is 298 g/mol. The average molecular weight is 323 g/mol. The normalized spacial score (nSPS) is 12.7. The van der Waals surface area contributed by atoms with Crippen LogP contribution < -0.4 is 27.8 Å². The van der Waals surface area contributed by atoms with Crippen LogP contribution in [-0.4, -0.2) is 36.7 Å². The molecule has 0 bridgehead atoms. The first-order chi connectivity index (χ1) is 11.0. The van der Waals surface area contributed by atoms with Gasteiger partial charge in [-0.1, -0.05) is 18.2 Å². The van der Waals surface area contributed by atoms with Gasteiger partial charge in [-0.3, -0.25) is 0 Å². The Morgan fingerprint density at radius 2 is 2.13 bits per heavy atom. The van der Waals surface area contributed by atoms with Crippen LogP contribution in [0.25, 0.3) is 0 Å². The van der Waals surface area contributed by atoms with E-state index >= 15 is 0 Å². The Hall–Kier alpha value is -2.39. The molecule has 1 aromatic carbocycles. The predicted octanol–water partition coefficient (Wildman–Crippen LogP) is -0.197. The molecule has 0 aliphatic rings. The van der Waals surface area contributed by atoms with Crippen molar-refractivity contribution in [2.45, 2.75) is 25.3 Å². The van der Waals surface area contributed by atoms with Crippen LogP contribution in [0.5, 0.6) is 0 Å². The van der Waals surface area contributed by atoms with Crippen LogP contribution in [0.15, 0.2) is 29.4 Å². The third kappa shape index (κ3) is 7.98. The molecule has 0 unspecified atom stereocenters. The maximum atomic E-state index is 10.1. The summed E-state index contributed by atoms with van der Waals surface area (Å²) in [6.45, 7) is 1.73. The summed E-state index contributed by atoms with van der Waals surface area (Å²) in [5, 5.41) is 18.2. The van der Waals surface area contributed by atoms with Gasteiger partial charge < -0.3 is 27.8 Å². The van der Waals surface area contributed by atoms with Crippen molar-refractivity contribution in [3.8, 4) is 0 Å². The highest BCUT2D eigenvalue weighted by Gasteiger charge is 2.05. The maximum absolute atomic E-state index is 10.1. The second-order valence-corrected chi connectivity index (χ2v) is 5.13. The Kier molecular flexibility index (Phi) is 8.40. The molecule has 0 saturated heterocycles. The minimum atomic E-state index is -0.837. The number of nitro groups is 1. The van der Waals surface area contributed by atoms with Gasteiger partial charge in [0, 0.05) is 24.8 Å². The molecule has 9 nitrogen and oxygen atoms in total. The highest BCUT2D eigenvalue weighted by Crippen LogP contribution is 2.15. The smallest absolute Gasteiger partial charge is 0.266 e. The van der Waals surface area contributed by atoms with Gasteiger partial charge in [-0.15, -0.1) is 0 Å². The average Bonchev–Trinajstić information content (AvgIpc) is 2.50. The van der Waals surface area contributed by atoms with Crippen LogP contribution in [-0.2, 0) is 6.42 Å². The van der Waals surface area contributed by atoms with Gasteiger partial charge in [-0.2, -0.15) is 0 Å². The van der Waals surface area contributed by atoms with Crippen molar-refractivity contribution in [1.82, 2.24) is 5.32 Å². The van der Waals surface area contributed by atoms with Gasteiger partial charge in [0.1, 0.15) is 5.10 Å². The Morgan fingerprint density at radius 1 is 1.39 bits per heavy atom. The van der Waals surface area contributed by atoms with Gasteiger partial charge in [0.15, 0.2) is 5.03 Å². The van der Waals surface area contributed by atoms with Crippen LogP contribution in [0.4, 0.5) is 5.69 Å². The molecule has 1 rings (SSSR count). The highest BCUT2D eigenvalue weighted by atomic mass is 16.7. The highest BCUT2D eigenvalue weighted by molar-refractivity contribution is 5.76. The fraction of sp³-hybridized carbons (Fsp3) is 0.500. The number of hydrogen-bond acceptors (Lipinski definition) is 5. The lowest BCUT2D eigenvalue weighted by Crippen LogP contribution is -2.35. The number of guanidine groups is 1. The molecule has 0 aromatic heterocycles. The lowest BCUT2D eigenvalue weighted by atomic mass is 10.1. The van der Waals surface area contributed by atoms with Crippen molar-refractivity contribution < 1.29 is 5.03 Å². The Labute approximate surface area is 135 Å². The first-order valence-corrected chi connectivity index (χ1v) is 7.52. The monoisotopic (exact) mass is 323 g/mol. The summed E-state index contributed by atoms with van der Waals surface area (Å²) >= 11 is 0. The molecule has 0 radical (unpaired) electrons. The lowest BCUT2D eigenvalue weighted by Gasteiger charge is -2.16. The Morgan fingerprint density at radius 3 is 2.83 bits per heavy atom. The molecule has 1 atom stereocenters. The third-order valence-electron chi connectivity index (χ3n) is 3.23. The van der Waals surface area contributed by atoms with E-state index in [0.717, 1.165) is 24.9 Å². The van der Waals surface area contributed by atoms with Gasteiger partial charge in [-0.25, -0.2) is 10.1 Å². The van der Waals surface area contributed by atoms with Gasteiger partial charge in [0.25, 0.3) is 5.96 Å². The Balaban J connectivity index is 2.27. The molecule has 0 saturated carbocycles. The molecule has 8 N–H and O–H groups in total. The van der Waals surface area contributed by atoms with Crippen molar-refractivity contribution in [2.75, 3.05) is 25.0 Å². The summed E-state index contributed by atoms with van der Waals surface area (Å²) in [6.07, 6.45) is 2.31. The summed E-state index contributed by atoms with van der Waals surface area (Å²) in [5.74, 6) is -0.197. The molecule has 0 amide bonds. The number of rotatable bonds is 10.